The Balaban J connectivity index is 1.37. The van der Waals surface area contributed by atoms with Gasteiger partial charge in [-0.15, -0.1) is 0 Å². The number of pyridine rings is 1. The minimum atomic E-state index is -0.469. The molecule has 1 aromatic heterocycles. The van der Waals surface area contributed by atoms with Gasteiger partial charge >= 0.3 is 0 Å². The van der Waals surface area contributed by atoms with Gasteiger partial charge in [0.1, 0.15) is 5.69 Å². The van der Waals surface area contributed by atoms with Gasteiger partial charge in [0.15, 0.2) is 0 Å². The lowest BCUT2D eigenvalue weighted by Gasteiger charge is -2.35. The van der Waals surface area contributed by atoms with Gasteiger partial charge < -0.3 is 15.2 Å². The van der Waals surface area contributed by atoms with Crippen LogP contribution in [0.1, 0.15) is 31.3 Å². The first kappa shape index (κ1) is 22.6. The molecule has 1 fully saturated rings. The van der Waals surface area contributed by atoms with Crippen LogP contribution < -0.4 is 5.32 Å². The number of β-amino-alcohol motifs (C(OH)–C–C–N with tert-alkyl or cyclic N) is 1. The number of aliphatic hydroxyl groups excluding tert-OH is 1. The smallest absolute Gasteiger partial charge is 0.270 e. The van der Waals surface area contributed by atoms with Crippen molar-refractivity contribution in [3.63, 3.8) is 0 Å². The summed E-state index contributed by atoms with van der Waals surface area (Å²) >= 11 is 0. The van der Waals surface area contributed by atoms with Crippen LogP contribution in [0.5, 0.6) is 0 Å². The number of aromatic nitrogens is 1. The number of fused-ring (bicyclic) bond motifs is 1. The number of carbonyl (C=O) groups is 1. The van der Waals surface area contributed by atoms with Crippen molar-refractivity contribution in [3.8, 4) is 0 Å². The van der Waals surface area contributed by atoms with Crippen LogP contribution in [0.2, 0.25) is 0 Å². The van der Waals surface area contributed by atoms with E-state index in [1.807, 2.05) is 51.1 Å². The van der Waals surface area contributed by atoms with Crippen molar-refractivity contribution in [2.45, 2.75) is 32.5 Å². The Kier molecular flexibility index (Phi) is 7.77. The number of hydrogen-bond acceptors (Lipinski definition) is 6. The molecule has 2 N–H and O–H groups in total. The number of amides is 1. The van der Waals surface area contributed by atoms with Gasteiger partial charge in [0.2, 0.25) is 0 Å². The van der Waals surface area contributed by atoms with Gasteiger partial charge in [-0.1, -0.05) is 24.3 Å². The SMILES string of the molecule is CC(C)(C)OC[C@H](O)CN1CCN(CCNC(=O)c2nccc3ccccc23)CC1. The number of ether oxygens (including phenoxy) is 1. The summed E-state index contributed by atoms with van der Waals surface area (Å²) in [6.45, 7) is 12.0. The minimum absolute atomic E-state index is 0.132. The third kappa shape index (κ3) is 6.74. The first-order valence-corrected chi connectivity index (χ1v) is 10.7. The van der Waals surface area contributed by atoms with E-state index in [0.29, 0.717) is 25.4 Å². The van der Waals surface area contributed by atoms with Crippen molar-refractivity contribution in [2.24, 2.45) is 0 Å². The topological polar surface area (TPSA) is 77.9 Å². The number of hydrogen-bond donors (Lipinski definition) is 2. The van der Waals surface area contributed by atoms with Gasteiger partial charge in [-0.3, -0.25) is 19.6 Å². The van der Waals surface area contributed by atoms with Crippen molar-refractivity contribution in [2.75, 3.05) is 52.4 Å². The van der Waals surface area contributed by atoms with Gasteiger partial charge in [-0.05, 0) is 32.2 Å². The summed E-state index contributed by atoms with van der Waals surface area (Å²) in [5.41, 5.74) is 0.246. The maximum Gasteiger partial charge on any atom is 0.270 e. The summed E-state index contributed by atoms with van der Waals surface area (Å²) in [5, 5.41) is 15.1. The molecule has 1 saturated heterocycles. The number of piperazine rings is 1. The predicted molar refractivity (Wildman–Crippen MR) is 119 cm³/mol. The second-order valence-corrected chi connectivity index (χ2v) is 8.86. The monoisotopic (exact) mass is 414 g/mol. The fourth-order valence-corrected chi connectivity index (χ4v) is 3.60. The lowest BCUT2D eigenvalue weighted by atomic mass is 10.1. The van der Waals surface area contributed by atoms with Crippen LogP contribution in [0.4, 0.5) is 0 Å². The van der Waals surface area contributed by atoms with Crippen LogP contribution in [0.25, 0.3) is 10.8 Å². The molecule has 1 amide bonds. The highest BCUT2D eigenvalue weighted by Gasteiger charge is 2.21. The average molecular weight is 415 g/mol. The summed E-state index contributed by atoms with van der Waals surface area (Å²) in [4.78, 5) is 21.4. The van der Waals surface area contributed by atoms with E-state index in [2.05, 4.69) is 20.1 Å². The molecule has 1 aliphatic rings. The van der Waals surface area contributed by atoms with Gasteiger partial charge in [0.25, 0.3) is 5.91 Å². The first-order valence-electron chi connectivity index (χ1n) is 10.7. The molecule has 1 aliphatic heterocycles. The molecule has 30 heavy (non-hydrogen) atoms. The fourth-order valence-electron chi connectivity index (χ4n) is 3.60. The molecule has 2 aromatic rings. The molecule has 0 bridgehead atoms. The number of nitrogens with one attached hydrogen (secondary N) is 1. The second-order valence-electron chi connectivity index (χ2n) is 8.86. The highest BCUT2D eigenvalue weighted by molar-refractivity contribution is 6.05. The van der Waals surface area contributed by atoms with E-state index >= 15 is 0 Å². The van der Waals surface area contributed by atoms with E-state index in [1.165, 1.54) is 0 Å². The van der Waals surface area contributed by atoms with Crippen molar-refractivity contribution >= 4 is 16.7 Å². The molecule has 3 rings (SSSR count). The normalized spacial score (nSPS) is 17.2. The fraction of sp³-hybridized carbons (Fsp3) is 0.565. The number of benzene rings is 1. The molecule has 7 nitrogen and oxygen atoms in total. The maximum atomic E-state index is 12.6. The van der Waals surface area contributed by atoms with Crippen LogP contribution in [-0.2, 0) is 4.74 Å². The molecular weight excluding hydrogens is 380 g/mol. The van der Waals surface area contributed by atoms with Crippen molar-refractivity contribution in [1.29, 1.82) is 0 Å². The van der Waals surface area contributed by atoms with E-state index < -0.39 is 6.10 Å². The van der Waals surface area contributed by atoms with Crippen LogP contribution in [-0.4, -0.2) is 89.9 Å². The number of rotatable bonds is 8. The zero-order valence-electron chi connectivity index (χ0n) is 18.3. The van der Waals surface area contributed by atoms with Crippen molar-refractivity contribution in [1.82, 2.24) is 20.1 Å². The van der Waals surface area contributed by atoms with Gasteiger partial charge in [-0.25, -0.2) is 0 Å². The van der Waals surface area contributed by atoms with Crippen LogP contribution in [0, 0.1) is 0 Å². The van der Waals surface area contributed by atoms with Crippen molar-refractivity contribution in [3.05, 3.63) is 42.2 Å². The molecule has 0 saturated carbocycles. The van der Waals surface area contributed by atoms with Crippen LogP contribution in [0.3, 0.4) is 0 Å². The Labute approximate surface area is 179 Å². The molecule has 164 valence electrons. The Morgan fingerprint density at radius 3 is 2.60 bits per heavy atom. The maximum absolute atomic E-state index is 12.6. The molecule has 1 atom stereocenters. The molecule has 7 heteroatoms. The number of nitrogens with zero attached hydrogens (tertiary/aromatic N) is 3. The van der Waals surface area contributed by atoms with Crippen molar-refractivity contribution < 1.29 is 14.6 Å². The largest absolute Gasteiger partial charge is 0.389 e. The summed E-state index contributed by atoms with van der Waals surface area (Å²) < 4.78 is 5.66. The highest BCUT2D eigenvalue weighted by atomic mass is 16.5. The van der Waals surface area contributed by atoms with Gasteiger partial charge in [0.05, 0.1) is 18.3 Å². The zero-order chi connectivity index (χ0) is 21.6. The summed E-state index contributed by atoms with van der Waals surface area (Å²) in [6, 6.07) is 9.71. The Morgan fingerprint density at radius 2 is 1.87 bits per heavy atom. The predicted octanol–water partition coefficient (Wildman–Crippen LogP) is 1.76. The van der Waals surface area contributed by atoms with E-state index in [-0.39, 0.29) is 11.5 Å². The summed E-state index contributed by atoms with van der Waals surface area (Å²) in [7, 11) is 0. The number of carbonyl (C=O) groups excluding carboxylic acids is 1. The Bertz CT molecular complexity index is 823. The van der Waals surface area contributed by atoms with E-state index in [9.17, 15) is 9.90 Å². The third-order valence-electron chi connectivity index (χ3n) is 5.24. The highest BCUT2D eigenvalue weighted by Crippen LogP contribution is 2.16. The third-order valence-corrected chi connectivity index (χ3v) is 5.24. The molecule has 0 spiro atoms. The second kappa shape index (κ2) is 10.3. The van der Waals surface area contributed by atoms with Gasteiger partial charge in [-0.2, -0.15) is 0 Å². The Morgan fingerprint density at radius 1 is 1.17 bits per heavy atom. The quantitative estimate of drug-likeness (QED) is 0.685. The summed E-state index contributed by atoms with van der Waals surface area (Å²) in [5.74, 6) is -0.132. The molecule has 2 heterocycles. The standard InChI is InChI=1S/C23H34N4O3/c1-23(2,3)30-17-19(28)16-27-14-12-26(13-15-27)11-10-25-22(29)21-20-7-5-4-6-18(20)8-9-24-21/h4-9,19,28H,10-17H2,1-3H3,(H,25,29)/t19-/m1/s1. The van der Waals surface area contributed by atoms with E-state index in [0.717, 1.165) is 43.5 Å². The molecule has 1 aromatic carbocycles. The first-order chi connectivity index (χ1) is 14.3. The van der Waals surface area contributed by atoms with E-state index in [1.54, 1.807) is 6.20 Å². The minimum Gasteiger partial charge on any atom is -0.389 e. The van der Waals surface area contributed by atoms with E-state index in [4.69, 9.17) is 4.74 Å². The Hall–Kier alpha value is -2.06. The molecule has 0 aliphatic carbocycles. The summed E-state index contributed by atoms with van der Waals surface area (Å²) in [6.07, 6.45) is 1.21. The number of aliphatic hydroxyl groups is 1. The molecule has 0 radical (unpaired) electrons. The molecular formula is C23H34N4O3. The van der Waals surface area contributed by atoms with Crippen LogP contribution in [0.15, 0.2) is 36.5 Å². The lowest BCUT2D eigenvalue weighted by Crippen LogP contribution is -2.50. The average Bonchev–Trinajstić information content (AvgIpc) is 2.72. The van der Waals surface area contributed by atoms with Crippen LogP contribution >= 0.6 is 0 Å². The zero-order valence-corrected chi connectivity index (χ0v) is 18.3. The van der Waals surface area contributed by atoms with Gasteiger partial charge in [0, 0.05) is 57.4 Å². The molecule has 0 unspecified atom stereocenters. The lowest BCUT2D eigenvalue weighted by molar-refractivity contribution is -0.0585.